The van der Waals surface area contributed by atoms with Gasteiger partial charge in [0, 0.05) is 4.90 Å². The van der Waals surface area contributed by atoms with Gasteiger partial charge in [-0.2, -0.15) is 0 Å². The first-order valence-electron chi connectivity index (χ1n) is 4.48. The molecule has 1 aromatic rings. The van der Waals surface area contributed by atoms with Crippen LogP contribution >= 0.6 is 0 Å². The Hall–Kier alpha value is 1.00. The van der Waals surface area contributed by atoms with E-state index < -0.39 is 10.0 Å². The quantitative estimate of drug-likeness (QED) is 0.466. The van der Waals surface area contributed by atoms with Crippen LogP contribution in [0.2, 0.25) is 8.86 Å². The molecule has 0 fully saturated rings. The van der Waals surface area contributed by atoms with E-state index in [1.165, 1.54) is 12.1 Å². The predicted molar refractivity (Wildman–Crippen MR) is 54.4 cm³/mol. The molecule has 77 valence electrons. The van der Waals surface area contributed by atoms with Crippen molar-refractivity contribution in [1.82, 2.24) is 0 Å². The molecule has 0 saturated heterocycles. The van der Waals surface area contributed by atoms with Crippen molar-refractivity contribution in [3.63, 3.8) is 0 Å². The first-order chi connectivity index (χ1) is 7.00. The van der Waals surface area contributed by atoms with E-state index >= 15 is 0 Å². The molecule has 3 nitrogen and oxygen atoms in total. The summed E-state index contributed by atoms with van der Waals surface area (Å²) in [5.41, 5.74) is 0.984. The molecule has 0 aromatic heterocycles. The van der Waals surface area contributed by atoms with E-state index in [2.05, 4.69) is 8.86 Å². The molecule has 0 unspecified atom stereocenters. The summed E-state index contributed by atoms with van der Waals surface area (Å²) >= 11 is 2.06. The molecule has 1 N–H and O–H groups in total. The Morgan fingerprint density at radius 3 is 1.73 bits per heavy atom. The van der Waals surface area contributed by atoms with E-state index in [1.807, 2.05) is 6.92 Å². The normalized spacial score (nSPS) is 9.33. The third kappa shape index (κ3) is 8.77. The third-order valence-electron chi connectivity index (χ3n) is 1.33. The zero-order valence-electron chi connectivity index (χ0n) is 9.45. The number of hydrogen-bond acceptors (Lipinski definition) is 2. The standard InChI is InChI=1S/C7H8NO2S.2CH3.2Hg/c1-6-2-4-7(5-3-6)11(8,9)10;;;;/h2-5H,1H3,(H-,8,9,10);2*1H3;;/q-1;;;;+1. The van der Waals surface area contributed by atoms with Crippen LogP contribution in [0.5, 0.6) is 0 Å². The summed E-state index contributed by atoms with van der Waals surface area (Å²) in [5.74, 6) is 0. The summed E-state index contributed by atoms with van der Waals surface area (Å²) in [4.78, 5) is 0.0445. The Morgan fingerprint density at radius 1 is 1.13 bits per heavy atom. The molecule has 6 heteroatoms. The second-order valence-corrected chi connectivity index (χ2v) is 3.79. The van der Waals surface area contributed by atoms with Crippen molar-refractivity contribution in [2.45, 2.75) is 20.7 Å². The Kier molecular flexibility index (Phi) is 12.5. The predicted octanol–water partition coefficient (Wildman–Crippen LogP) is 2.90. The minimum absolute atomic E-state index is 0.0445. The topological polar surface area (TPSA) is 57.9 Å². The van der Waals surface area contributed by atoms with Crippen LogP contribution in [0.15, 0.2) is 29.2 Å². The van der Waals surface area contributed by atoms with Gasteiger partial charge in [-0.05, 0) is 19.1 Å². The van der Waals surface area contributed by atoms with Gasteiger partial charge < -0.3 is 5.14 Å². The Morgan fingerprint density at radius 2 is 1.47 bits per heavy atom. The van der Waals surface area contributed by atoms with Gasteiger partial charge in [0.05, 0.1) is 10.0 Å². The summed E-state index contributed by atoms with van der Waals surface area (Å²) in [7, 11) is -3.77. The van der Waals surface area contributed by atoms with Crippen LogP contribution in [0.3, 0.4) is 0 Å². The molecule has 0 saturated carbocycles. The van der Waals surface area contributed by atoms with Gasteiger partial charge in [-0.15, -0.1) is 0 Å². The molecule has 15 heavy (non-hydrogen) atoms. The molecule has 0 atom stereocenters. The zero-order valence-corrected chi connectivity index (χ0v) is 21.3. The van der Waals surface area contributed by atoms with Gasteiger partial charge in [-0.1, -0.05) is 17.7 Å². The van der Waals surface area contributed by atoms with Gasteiger partial charge in [0.15, 0.2) is 0 Å². The summed E-state index contributed by atoms with van der Waals surface area (Å²) in [6, 6.07) is 6.19. The molecule has 0 aliphatic heterocycles. The summed E-state index contributed by atoms with van der Waals surface area (Å²) in [5, 5.41) is 6.72. The van der Waals surface area contributed by atoms with Crippen LogP contribution in [0, 0.1) is 6.92 Å². The van der Waals surface area contributed by atoms with Gasteiger partial charge in [0.25, 0.3) is 0 Å². The van der Waals surface area contributed by atoms with Crippen molar-refractivity contribution in [2.24, 2.45) is 0 Å². The maximum absolute atomic E-state index is 10.6. The van der Waals surface area contributed by atoms with Crippen molar-refractivity contribution in [2.75, 3.05) is 0 Å². The van der Waals surface area contributed by atoms with E-state index in [0.717, 1.165) is 57.8 Å². The van der Waals surface area contributed by atoms with Gasteiger partial charge >= 0.3 is 61.1 Å². The minimum atomic E-state index is -3.77. The monoisotopic (exact) mass is 604 g/mol. The molecule has 0 bridgehead atoms. The number of nitrogens with one attached hydrogen (secondary N) is 1. The molecule has 0 amide bonds. The van der Waals surface area contributed by atoms with Crippen molar-refractivity contribution in [1.29, 1.82) is 0 Å². The SMILES string of the molecule is Cc1ccc(S([NH-])(=O)=O)cc1.[CH3][Hg+].[CH3][Hg]. The van der Waals surface area contributed by atoms with Crippen molar-refractivity contribution >= 4 is 10.0 Å². The van der Waals surface area contributed by atoms with Gasteiger partial charge in [-0.25, -0.2) is 8.42 Å². The van der Waals surface area contributed by atoms with Crippen LogP contribution < -0.4 is 0 Å². The molecular weight excluding hydrogens is 587 g/mol. The second-order valence-electron chi connectivity index (χ2n) is 2.32. The van der Waals surface area contributed by atoms with Crippen LogP contribution in [0.4, 0.5) is 0 Å². The molecule has 0 aliphatic rings. The molecule has 0 heterocycles. The summed E-state index contributed by atoms with van der Waals surface area (Å²) in [6.07, 6.45) is 0. The van der Waals surface area contributed by atoms with Crippen LogP contribution in [0.25, 0.3) is 5.14 Å². The van der Waals surface area contributed by atoms with E-state index in [4.69, 9.17) is 5.14 Å². The zero-order chi connectivity index (χ0) is 12.5. The Bertz CT molecular complexity index is 349. The molecule has 0 spiro atoms. The average molecular weight is 601 g/mol. The second kappa shape index (κ2) is 10.2. The van der Waals surface area contributed by atoms with E-state index in [-0.39, 0.29) is 4.90 Å². The molecule has 1 rings (SSSR count). The number of sulfonamides is 1. The average Bonchev–Trinajstić information content (AvgIpc) is 2.23. The third-order valence-corrected chi connectivity index (χ3v) is 2.22. The van der Waals surface area contributed by atoms with Crippen LogP contribution in [-0.2, 0) is 62.3 Å². The van der Waals surface area contributed by atoms with Crippen molar-refractivity contribution in [3.05, 3.63) is 35.0 Å². The van der Waals surface area contributed by atoms with Crippen molar-refractivity contribution in [3.8, 4) is 0 Å². The first kappa shape index (κ1) is 18.4. The summed E-state index contributed by atoms with van der Waals surface area (Å²) < 4.78 is 25.6. The maximum atomic E-state index is 10.6. The number of hydrogen-bond donors (Lipinski definition) is 0. The fourth-order valence-corrected chi connectivity index (χ4v) is 1.21. The van der Waals surface area contributed by atoms with E-state index in [9.17, 15) is 8.42 Å². The molecule has 1 aromatic carbocycles. The van der Waals surface area contributed by atoms with Gasteiger partial charge in [0.2, 0.25) is 0 Å². The molecular formula is C9H14Hg2NO2S. The number of aryl methyl sites for hydroxylation is 1. The Labute approximate surface area is 125 Å². The number of benzene rings is 1. The van der Waals surface area contributed by atoms with E-state index in [1.54, 1.807) is 12.1 Å². The van der Waals surface area contributed by atoms with Crippen LogP contribution in [-0.4, -0.2) is 8.42 Å². The van der Waals surface area contributed by atoms with Crippen LogP contribution in [0.1, 0.15) is 5.56 Å². The molecule has 0 aliphatic carbocycles. The first-order valence-corrected chi connectivity index (χ1v) is 17.0. The summed E-state index contributed by atoms with van der Waals surface area (Å²) in [6.45, 7) is 1.86. The van der Waals surface area contributed by atoms with Gasteiger partial charge in [-0.3, -0.25) is 0 Å². The Balaban J connectivity index is 0. The molecule has 0 radical (unpaired) electrons. The van der Waals surface area contributed by atoms with Crippen molar-refractivity contribution < 1.29 is 60.7 Å². The fraction of sp³-hybridized carbons (Fsp3) is 0.333. The van der Waals surface area contributed by atoms with E-state index in [0.29, 0.717) is 0 Å². The fourth-order valence-electron chi connectivity index (χ4n) is 0.717. The van der Waals surface area contributed by atoms with Gasteiger partial charge in [0.1, 0.15) is 0 Å². The number of rotatable bonds is 1.